The minimum absolute atomic E-state index is 0.294. The molecule has 0 spiro atoms. The van der Waals surface area contributed by atoms with Crippen molar-refractivity contribution in [3.63, 3.8) is 0 Å². The predicted octanol–water partition coefficient (Wildman–Crippen LogP) is 3.62. The lowest BCUT2D eigenvalue weighted by atomic mass is 9.91. The van der Waals surface area contributed by atoms with Crippen molar-refractivity contribution in [2.75, 3.05) is 13.1 Å². The van der Waals surface area contributed by atoms with Gasteiger partial charge in [0.1, 0.15) is 11.6 Å². The molecule has 1 saturated heterocycles. The van der Waals surface area contributed by atoms with E-state index in [0.717, 1.165) is 37.5 Å². The van der Waals surface area contributed by atoms with E-state index in [1.54, 1.807) is 0 Å². The Morgan fingerprint density at radius 2 is 1.81 bits per heavy atom. The second kappa shape index (κ2) is 6.41. The molecule has 1 aliphatic heterocycles. The number of benzene rings is 1. The van der Waals surface area contributed by atoms with E-state index in [1.165, 1.54) is 44.2 Å². The average Bonchev–Trinajstić information content (AvgIpc) is 2.92. The van der Waals surface area contributed by atoms with Crippen LogP contribution in [0.3, 0.4) is 0 Å². The number of fused-ring (bicyclic) bond motifs is 1. The molecular weight excluding hydrogens is 270 g/mol. The van der Waals surface area contributed by atoms with Crippen LogP contribution in [-0.4, -0.2) is 24.0 Å². The number of halogens is 2. The molecule has 21 heavy (non-hydrogen) atoms. The summed E-state index contributed by atoms with van der Waals surface area (Å²) in [4.78, 5) is 2.55. The Morgan fingerprint density at radius 1 is 1.10 bits per heavy atom. The Balaban J connectivity index is 1.59. The SMILES string of the molecule is NC(CCN1CCCC2CCCC21)c1cc(F)cc(F)c1. The van der Waals surface area contributed by atoms with E-state index in [0.29, 0.717) is 5.56 Å². The number of hydrogen-bond acceptors (Lipinski definition) is 2. The molecule has 116 valence electrons. The Morgan fingerprint density at radius 3 is 2.57 bits per heavy atom. The second-order valence-corrected chi connectivity index (χ2v) is 6.53. The fraction of sp³-hybridized carbons (Fsp3) is 0.647. The van der Waals surface area contributed by atoms with Crippen molar-refractivity contribution >= 4 is 0 Å². The maximum Gasteiger partial charge on any atom is 0.126 e. The Kier molecular flexibility index (Phi) is 4.55. The number of piperidine rings is 1. The minimum atomic E-state index is -0.547. The molecular formula is C17H24F2N2. The van der Waals surface area contributed by atoms with Crippen LogP contribution in [0.5, 0.6) is 0 Å². The standard InChI is InChI=1S/C17H24F2N2/c18-14-9-13(10-15(19)11-14)16(20)6-8-21-7-2-4-12-3-1-5-17(12)21/h9-12,16-17H,1-8,20H2. The molecule has 3 atom stereocenters. The molecule has 0 bridgehead atoms. The van der Waals surface area contributed by atoms with Crippen molar-refractivity contribution in [3.8, 4) is 0 Å². The number of hydrogen-bond donors (Lipinski definition) is 1. The van der Waals surface area contributed by atoms with Gasteiger partial charge in [0.25, 0.3) is 0 Å². The molecule has 0 aromatic heterocycles. The Labute approximate surface area is 125 Å². The summed E-state index contributed by atoms with van der Waals surface area (Å²) >= 11 is 0. The highest BCUT2D eigenvalue weighted by Crippen LogP contribution is 2.37. The molecule has 1 aliphatic carbocycles. The number of likely N-dealkylation sites (tertiary alicyclic amines) is 1. The van der Waals surface area contributed by atoms with E-state index in [-0.39, 0.29) is 6.04 Å². The Bertz CT molecular complexity index is 471. The van der Waals surface area contributed by atoms with E-state index in [2.05, 4.69) is 4.90 Å². The van der Waals surface area contributed by atoms with E-state index in [1.807, 2.05) is 0 Å². The first-order valence-electron chi connectivity index (χ1n) is 8.09. The van der Waals surface area contributed by atoms with Crippen LogP contribution in [0, 0.1) is 17.6 Å². The van der Waals surface area contributed by atoms with Gasteiger partial charge in [0.2, 0.25) is 0 Å². The van der Waals surface area contributed by atoms with Gasteiger partial charge in [0.15, 0.2) is 0 Å². The van der Waals surface area contributed by atoms with Crippen molar-refractivity contribution < 1.29 is 8.78 Å². The van der Waals surface area contributed by atoms with E-state index in [9.17, 15) is 8.78 Å². The van der Waals surface area contributed by atoms with E-state index in [4.69, 9.17) is 5.73 Å². The maximum absolute atomic E-state index is 13.3. The zero-order valence-electron chi connectivity index (χ0n) is 12.4. The highest BCUT2D eigenvalue weighted by molar-refractivity contribution is 5.21. The highest BCUT2D eigenvalue weighted by atomic mass is 19.1. The zero-order chi connectivity index (χ0) is 14.8. The molecule has 0 amide bonds. The third-order valence-corrected chi connectivity index (χ3v) is 5.15. The summed E-state index contributed by atoms with van der Waals surface area (Å²) in [5.74, 6) is -0.231. The van der Waals surface area contributed by atoms with Crippen LogP contribution in [0.1, 0.15) is 50.1 Å². The summed E-state index contributed by atoms with van der Waals surface area (Å²) in [5, 5.41) is 0. The van der Waals surface area contributed by atoms with Gasteiger partial charge in [0.05, 0.1) is 0 Å². The van der Waals surface area contributed by atoms with Crippen LogP contribution >= 0.6 is 0 Å². The van der Waals surface area contributed by atoms with Crippen LogP contribution in [-0.2, 0) is 0 Å². The monoisotopic (exact) mass is 294 g/mol. The largest absolute Gasteiger partial charge is 0.324 e. The van der Waals surface area contributed by atoms with Gasteiger partial charge < -0.3 is 10.6 Å². The van der Waals surface area contributed by atoms with Gasteiger partial charge in [-0.15, -0.1) is 0 Å². The van der Waals surface area contributed by atoms with Gasteiger partial charge in [-0.25, -0.2) is 8.78 Å². The molecule has 3 unspecified atom stereocenters. The van der Waals surface area contributed by atoms with Crippen LogP contribution in [0.2, 0.25) is 0 Å². The van der Waals surface area contributed by atoms with Gasteiger partial charge in [0, 0.05) is 24.7 Å². The van der Waals surface area contributed by atoms with Crippen molar-refractivity contribution in [1.29, 1.82) is 0 Å². The summed E-state index contributed by atoms with van der Waals surface area (Å²) in [5.41, 5.74) is 6.69. The topological polar surface area (TPSA) is 29.3 Å². The number of nitrogens with two attached hydrogens (primary N) is 1. The Hall–Kier alpha value is -1.00. The fourth-order valence-corrected chi connectivity index (χ4v) is 4.10. The molecule has 0 radical (unpaired) electrons. The molecule has 1 aromatic carbocycles. The number of rotatable bonds is 4. The summed E-state index contributed by atoms with van der Waals surface area (Å²) in [6.07, 6.45) is 7.39. The van der Waals surface area contributed by atoms with Crippen molar-refractivity contribution in [2.24, 2.45) is 11.7 Å². The first-order valence-corrected chi connectivity index (χ1v) is 8.09. The first-order chi connectivity index (χ1) is 10.1. The molecule has 4 heteroatoms. The lowest BCUT2D eigenvalue weighted by Crippen LogP contribution is -2.43. The zero-order valence-corrected chi connectivity index (χ0v) is 12.4. The summed E-state index contributed by atoms with van der Waals surface area (Å²) in [6, 6.07) is 4.02. The molecule has 3 rings (SSSR count). The van der Waals surface area contributed by atoms with Gasteiger partial charge in [-0.3, -0.25) is 0 Å². The summed E-state index contributed by atoms with van der Waals surface area (Å²) < 4.78 is 26.5. The van der Waals surface area contributed by atoms with Crippen molar-refractivity contribution in [1.82, 2.24) is 4.90 Å². The maximum atomic E-state index is 13.3. The van der Waals surface area contributed by atoms with Crippen LogP contribution in [0.15, 0.2) is 18.2 Å². The van der Waals surface area contributed by atoms with E-state index < -0.39 is 11.6 Å². The summed E-state index contributed by atoms with van der Waals surface area (Å²) in [6.45, 7) is 2.08. The smallest absolute Gasteiger partial charge is 0.126 e. The summed E-state index contributed by atoms with van der Waals surface area (Å²) in [7, 11) is 0. The molecule has 1 aromatic rings. The molecule has 2 fully saturated rings. The minimum Gasteiger partial charge on any atom is -0.324 e. The fourth-order valence-electron chi connectivity index (χ4n) is 4.10. The lowest BCUT2D eigenvalue weighted by molar-refractivity contribution is 0.109. The van der Waals surface area contributed by atoms with Crippen LogP contribution < -0.4 is 5.73 Å². The van der Waals surface area contributed by atoms with Crippen molar-refractivity contribution in [2.45, 2.75) is 50.6 Å². The normalized spacial score (nSPS) is 27.6. The third-order valence-electron chi connectivity index (χ3n) is 5.15. The van der Waals surface area contributed by atoms with Crippen molar-refractivity contribution in [3.05, 3.63) is 35.4 Å². The average molecular weight is 294 g/mol. The van der Waals surface area contributed by atoms with Crippen LogP contribution in [0.25, 0.3) is 0 Å². The number of nitrogens with zero attached hydrogens (tertiary/aromatic N) is 1. The highest BCUT2D eigenvalue weighted by Gasteiger charge is 2.34. The first kappa shape index (κ1) is 14.9. The molecule has 1 heterocycles. The molecule has 2 aliphatic rings. The van der Waals surface area contributed by atoms with Crippen LogP contribution in [0.4, 0.5) is 8.78 Å². The molecule has 2 N–H and O–H groups in total. The lowest BCUT2D eigenvalue weighted by Gasteiger charge is -2.38. The van der Waals surface area contributed by atoms with Gasteiger partial charge in [-0.05, 0) is 62.3 Å². The van der Waals surface area contributed by atoms with Gasteiger partial charge >= 0.3 is 0 Å². The quantitative estimate of drug-likeness (QED) is 0.919. The van der Waals surface area contributed by atoms with Gasteiger partial charge in [-0.2, -0.15) is 0 Å². The van der Waals surface area contributed by atoms with E-state index >= 15 is 0 Å². The second-order valence-electron chi connectivity index (χ2n) is 6.53. The van der Waals surface area contributed by atoms with Gasteiger partial charge in [-0.1, -0.05) is 6.42 Å². The predicted molar refractivity (Wildman–Crippen MR) is 79.8 cm³/mol. The third kappa shape index (κ3) is 3.43. The molecule has 1 saturated carbocycles. The molecule has 2 nitrogen and oxygen atoms in total.